The van der Waals surface area contributed by atoms with Gasteiger partial charge in [0, 0.05) is 20.1 Å². The molecule has 0 spiro atoms. The number of guanidine groups is 1. The topological polar surface area (TPSA) is 48.9 Å². The van der Waals surface area contributed by atoms with Gasteiger partial charge in [0.2, 0.25) is 0 Å². The van der Waals surface area contributed by atoms with Crippen LogP contribution in [-0.4, -0.2) is 69.0 Å². The van der Waals surface area contributed by atoms with E-state index in [1.165, 1.54) is 11.9 Å². The maximum absolute atomic E-state index is 12.2. The van der Waals surface area contributed by atoms with Crippen molar-refractivity contribution in [2.45, 2.75) is 43.7 Å². The summed E-state index contributed by atoms with van der Waals surface area (Å²) >= 11 is 0. The second-order valence-corrected chi connectivity index (χ2v) is 5.71. The Morgan fingerprint density at radius 2 is 2.09 bits per heavy atom. The SMILES string of the molecule is CN=C(NCCN(C)CC(F)(F)F)NC1CC2CCC1O2.I. The molecule has 2 N–H and O–H groups in total. The number of alkyl halides is 3. The van der Waals surface area contributed by atoms with Crippen molar-refractivity contribution in [3.63, 3.8) is 0 Å². The van der Waals surface area contributed by atoms with Crippen LogP contribution in [0.15, 0.2) is 4.99 Å². The van der Waals surface area contributed by atoms with Gasteiger partial charge in [0.25, 0.3) is 0 Å². The largest absolute Gasteiger partial charge is 0.401 e. The lowest BCUT2D eigenvalue weighted by atomic mass is 9.96. The normalized spacial score (nSPS) is 27.9. The molecule has 2 aliphatic rings. The highest BCUT2D eigenvalue weighted by Crippen LogP contribution is 2.34. The number of halogens is 4. The van der Waals surface area contributed by atoms with Gasteiger partial charge >= 0.3 is 6.18 Å². The molecule has 0 aliphatic carbocycles. The van der Waals surface area contributed by atoms with E-state index in [9.17, 15) is 13.2 Å². The molecule has 22 heavy (non-hydrogen) atoms. The van der Waals surface area contributed by atoms with Crippen LogP contribution >= 0.6 is 24.0 Å². The van der Waals surface area contributed by atoms with Gasteiger partial charge in [-0.05, 0) is 26.3 Å². The van der Waals surface area contributed by atoms with Crippen molar-refractivity contribution >= 4 is 29.9 Å². The van der Waals surface area contributed by atoms with E-state index in [4.69, 9.17) is 4.74 Å². The molecule has 2 saturated heterocycles. The predicted molar refractivity (Wildman–Crippen MR) is 89.8 cm³/mol. The Labute approximate surface area is 146 Å². The molecule has 0 aromatic rings. The van der Waals surface area contributed by atoms with Crippen LogP contribution in [0.4, 0.5) is 13.2 Å². The Bertz CT molecular complexity index is 381. The van der Waals surface area contributed by atoms with Crippen molar-refractivity contribution < 1.29 is 17.9 Å². The predicted octanol–water partition coefficient (Wildman–Crippen LogP) is 1.58. The summed E-state index contributed by atoms with van der Waals surface area (Å²) in [6.07, 6.45) is -0.413. The third-order valence-electron chi connectivity index (χ3n) is 3.89. The summed E-state index contributed by atoms with van der Waals surface area (Å²) in [7, 11) is 3.11. The van der Waals surface area contributed by atoms with E-state index in [-0.39, 0.29) is 36.1 Å². The third kappa shape index (κ3) is 6.07. The Morgan fingerprint density at radius 1 is 1.36 bits per heavy atom. The summed E-state index contributed by atoms with van der Waals surface area (Å²) in [5, 5.41) is 6.34. The van der Waals surface area contributed by atoms with E-state index < -0.39 is 12.7 Å². The number of ether oxygens (including phenoxy) is 1. The number of aliphatic imine (C=N–C) groups is 1. The minimum absolute atomic E-state index is 0. The Balaban J connectivity index is 0.00000242. The fourth-order valence-corrected chi connectivity index (χ4v) is 2.91. The van der Waals surface area contributed by atoms with Gasteiger partial charge in [-0.1, -0.05) is 0 Å². The molecule has 5 nitrogen and oxygen atoms in total. The second-order valence-electron chi connectivity index (χ2n) is 5.71. The number of likely N-dealkylation sites (N-methyl/N-ethyl adjacent to an activating group) is 1. The molecule has 0 amide bonds. The van der Waals surface area contributed by atoms with Crippen LogP contribution in [0.2, 0.25) is 0 Å². The summed E-state index contributed by atoms with van der Waals surface area (Å²) < 4.78 is 42.4. The lowest BCUT2D eigenvalue weighted by Gasteiger charge is -2.23. The summed E-state index contributed by atoms with van der Waals surface area (Å²) in [6.45, 7) is -0.192. The number of rotatable bonds is 5. The van der Waals surface area contributed by atoms with Crippen LogP contribution < -0.4 is 10.6 Å². The molecule has 2 fully saturated rings. The number of fused-ring (bicyclic) bond motifs is 2. The molecular weight excluding hydrogens is 412 g/mol. The van der Waals surface area contributed by atoms with Gasteiger partial charge in [-0.15, -0.1) is 24.0 Å². The first-order chi connectivity index (χ1) is 9.87. The summed E-state index contributed by atoms with van der Waals surface area (Å²) in [5.41, 5.74) is 0. The minimum atomic E-state index is -4.16. The van der Waals surface area contributed by atoms with E-state index in [1.54, 1.807) is 7.05 Å². The highest BCUT2D eigenvalue weighted by atomic mass is 127. The highest BCUT2D eigenvalue weighted by Gasteiger charge is 2.41. The fraction of sp³-hybridized carbons (Fsp3) is 0.923. The van der Waals surface area contributed by atoms with E-state index >= 15 is 0 Å². The van der Waals surface area contributed by atoms with Crippen LogP contribution in [0.25, 0.3) is 0 Å². The zero-order valence-corrected chi connectivity index (χ0v) is 15.1. The molecule has 130 valence electrons. The molecule has 3 unspecified atom stereocenters. The molecule has 2 bridgehead atoms. The van der Waals surface area contributed by atoms with Gasteiger partial charge in [0.05, 0.1) is 24.8 Å². The molecule has 0 aromatic carbocycles. The van der Waals surface area contributed by atoms with Gasteiger partial charge < -0.3 is 15.4 Å². The van der Waals surface area contributed by atoms with Crippen molar-refractivity contribution in [1.29, 1.82) is 0 Å². The monoisotopic (exact) mass is 436 g/mol. The lowest BCUT2D eigenvalue weighted by Crippen LogP contribution is -2.49. The van der Waals surface area contributed by atoms with E-state index in [2.05, 4.69) is 15.6 Å². The Kier molecular flexibility index (Phi) is 7.66. The molecular formula is C13H24F3IN4O. The molecule has 9 heteroatoms. The average Bonchev–Trinajstić information content (AvgIpc) is 2.97. The first-order valence-electron chi connectivity index (χ1n) is 7.25. The summed E-state index contributed by atoms with van der Waals surface area (Å²) in [6, 6.07) is 0.253. The summed E-state index contributed by atoms with van der Waals surface area (Å²) in [5.74, 6) is 0.622. The number of nitrogens with zero attached hydrogens (tertiary/aromatic N) is 2. The van der Waals surface area contributed by atoms with Crippen molar-refractivity contribution in [3.05, 3.63) is 0 Å². The zero-order valence-electron chi connectivity index (χ0n) is 12.8. The third-order valence-corrected chi connectivity index (χ3v) is 3.89. The van der Waals surface area contributed by atoms with Crippen molar-refractivity contribution in [3.8, 4) is 0 Å². The van der Waals surface area contributed by atoms with Crippen molar-refractivity contribution in [1.82, 2.24) is 15.5 Å². The highest BCUT2D eigenvalue weighted by molar-refractivity contribution is 14.0. The van der Waals surface area contributed by atoms with Gasteiger partial charge in [-0.3, -0.25) is 9.89 Å². The maximum atomic E-state index is 12.2. The Hall–Kier alpha value is -0.290. The maximum Gasteiger partial charge on any atom is 0.401 e. The van der Waals surface area contributed by atoms with Crippen molar-refractivity contribution in [2.24, 2.45) is 4.99 Å². The number of hydrogen-bond acceptors (Lipinski definition) is 3. The molecule has 0 saturated carbocycles. The van der Waals surface area contributed by atoms with Crippen LogP contribution in [0.1, 0.15) is 19.3 Å². The first kappa shape index (κ1) is 19.8. The van der Waals surface area contributed by atoms with Crippen LogP contribution in [0.5, 0.6) is 0 Å². The fourth-order valence-electron chi connectivity index (χ4n) is 2.91. The van der Waals surface area contributed by atoms with Crippen molar-refractivity contribution in [2.75, 3.05) is 33.7 Å². The quantitative estimate of drug-likeness (QED) is 0.391. The van der Waals surface area contributed by atoms with Gasteiger partial charge in [0.15, 0.2) is 5.96 Å². The molecule has 0 aromatic heterocycles. The molecule has 2 aliphatic heterocycles. The second kappa shape index (κ2) is 8.53. The van der Waals surface area contributed by atoms with Gasteiger partial charge in [-0.25, -0.2) is 0 Å². The van der Waals surface area contributed by atoms with Crippen LogP contribution in [0, 0.1) is 0 Å². The van der Waals surface area contributed by atoms with Crippen LogP contribution in [0.3, 0.4) is 0 Å². The molecule has 2 rings (SSSR count). The van der Waals surface area contributed by atoms with Gasteiger partial charge in [-0.2, -0.15) is 13.2 Å². The molecule has 3 atom stereocenters. The zero-order chi connectivity index (χ0) is 15.5. The van der Waals surface area contributed by atoms with Crippen LogP contribution in [-0.2, 0) is 4.74 Å². The lowest BCUT2D eigenvalue weighted by molar-refractivity contribution is -0.142. The number of nitrogens with one attached hydrogen (secondary N) is 2. The molecule has 0 radical (unpaired) electrons. The first-order valence-corrected chi connectivity index (χ1v) is 7.25. The van der Waals surface area contributed by atoms with E-state index in [1.807, 2.05) is 0 Å². The number of hydrogen-bond donors (Lipinski definition) is 2. The standard InChI is InChI=1S/C13H23F3N4O.HI/c1-17-12(18-5-6-20(2)8-13(14,15)16)19-10-7-9-3-4-11(10)21-9;/h9-11H,3-8H2,1-2H3,(H2,17,18,19);1H. The van der Waals surface area contributed by atoms with E-state index in [0.717, 1.165) is 19.3 Å². The average molecular weight is 436 g/mol. The molecule has 2 heterocycles. The Morgan fingerprint density at radius 3 is 2.59 bits per heavy atom. The van der Waals surface area contributed by atoms with E-state index in [0.29, 0.717) is 25.2 Å². The smallest absolute Gasteiger partial charge is 0.373 e. The minimum Gasteiger partial charge on any atom is -0.373 e. The summed E-state index contributed by atoms with van der Waals surface area (Å²) in [4.78, 5) is 5.34. The van der Waals surface area contributed by atoms with Gasteiger partial charge in [0.1, 0.15) is 0 Å².